The van der Waals surface area contributed by atoms with E-state index in [2.05, 4.69) is 5.32 Å². The molecule has 0 unspecified atom stereocenters. The number of hydrogen-bond donors (Lipinski definition) is 1. The number of amides is 1. The van der Waals surface area contributed by atoms with Crippen LogP contribution in [0.3, 0.4) is 0 Å². The Balaban J connectivity index is 2.09. The van der Waals surface area contributed by atoms with Gasteiger partial charge in [-0.05, 0) is 56.2 Å². The van der Waals surface area contributed by atoms with E-state index >= 15 is 0 Å². The molecule has 1 N–H and O–H groups in total. The van der Waals surface area contributed by atoms with Crippen molar-refractivity contribution in [3.8, 4) is 5.75 Å². The van der Waals surface area contributed by atoms with Gasteiger partial charge in [0.05, 0.1) is 18.4 Å². The zero-order valence-corrected chi connectivity index (χ0v) is 14.3. The zero-order chi connectivity index (χ0) is 17.7. The minimum Gasteiger partial charge on any atom is -0.481 e. The number of esters is 1. The predicted molar refractivity (Wildman–Crippen MR) is 92.4 cm³/mol. The van der Waals surface area contributed by atoms with Gasteiger partial charge in [-0.15, -0.1) is 0 Å². The fourth-order valence-electron chi connectivity index (χ4n) is 2.16. The third kappa shape index (κ3) is 4.13. The normalized spacial score (nSPS) is 11.5. The average molecular weight is 327 g/mol. The number of nitrogens with one attached hydrogen (secondary N) is 1. The van der Waals surface area contributed by atoms with Gasteiger partial charge in [0, 0.05) is 0 Å². The molecule has 2 aromatic carbocycles. The number of anilines is 1. The van der Waals surface area contributed by atoms with E-state index in [1.165, 1.54) is 7.11 Å². The van der Waals surface area contributed by atoms with Gasteiger partial charge in [-0.2, -0.15) is 0 Å². The Morgan fingerprint density at radius 3 is 2.42 bits per heavy atom. The number of rotatable bonds is 5. The van der Waals surface area contributed by atoms with Crippen LogP contribution in [0.2, 0.25) is 0 Å². The second-order valence-electron chi connectivity index (χ2n) is 5.53. The lowest BCUT2D eigenvalue weighted by Crippen LogP contribution is -2.30. The Hall–Kier alpha value is -2.82. The van der Waals surface area contributed by atoms with Crippen LogP contribution in [0.1, 0.15) is 28.4 Å². The average Bonchev–Trinajstić information content (AvgIpc) is 2.58. The smallest absolute Gasteiger partial charge is 0.339 e. The summed E-state index contributed by atoms with van der Waals surface area (Å²) in [6.07, 6.45) is -0.710. The van der Waals surface area contributed by atoms with E-state index in [0.717, 1.165) is 11.1 Å². The molecule has 0 aliphatic carbocycles. The molecule has 0 saturated carbocycles. The summed E-state index contributed by atoms with van der Waals surface area (Å²) in [7, 11) is 1.30. The molecule has 2 aromatic rings. The van der Waals surface area contributed by atoms with Gasteiger partial charge in [0.15, 0.2) is 6.10 Å². The molecule has 0 aliphatic heterocycles. The Morgan fingerprint density at radius 1 is 1.04 bits per heavy atom. The molecule has 2 rings (SSSR count). The summed E-state index contributed by atoms with van der Waals surface area (Å²) in [5.41, 5.74) is 2.94. The third-order valence-electron chi connectivity index (χ3n) is 3.75. The number of ether oxygens (including phenoxy) is 2. The van der Waals surface area contributed by atoms with Crippen molar-refractivity contribution in [1.82, 2.24) is 0 Å². The fourth-order valence-corrected chi connectivity index (χ4v) is 2.16. The van der Waals surface area contributed by atoms with Crippen LogP contribution in [0.25, 0.3) is 0 Å². The number of carbonyl (C=O) groups excluding carboxylic acids is 2. The Bertz CT molecular complexity index is 755. The highest BCUT2D eigenvalue weighted by atomic mass is 16.5. The van der Waals surface area contributed by atoms with Gasteiger partial charge in [-0.3, -0.25) is 4.79 Å². The molecular formula is C19H21NO4. The van der Waals surface area contributed by atoms with E-state index in [0.29, 0.717) is 17.0 Å². The van der Waals surface area contributed by atoms with Gasteiger partial charge in [0.25, 0.3) is 5.91 Å². The maximum atomic E-state index is 12.3. The lowest BCUT2D eigenvalue weighted by molar-refractivity contribution is -0.122. The summed E-state index contributed by atoms with van der Waals surface area (Å²) in [6, 6.07) is 12.3. The summed E-state index contributed by atoms with van der Waals surface area (Å²) >= 11 is 0. The fraction of sp³-hybridized carbons (Fsp3) is 0.263. The Kier molecular flexibility index (Phi) is 5.58. The van der Waals surface area contributed by atoms with Gasteiger partial charge in [-0.1, -0.05) is 18.2 Å². The van der Waals surface area contributed by atoms with Crippen molar-refractivity contribution >= 4 is 17.6 Å². The predicted octanol–water partition coefficient (Wildman–Crippen LogP) is 3.50. The highest BCUT2D eigenvalue weighted by Gasteiger charge is 2.18. The van der Waals surface area contributed by atoms with Gasteiger partial charge in [-0.25, -0.2) is 4.79 Å². The van der Waals surface area contributed by atoms with Crippen molar-refractivity contribution < 1.29 is 19.1 Å². The maximum absolute atomic E-state index is 12.3. The summed E-state index contributed by atoms with van der Waals surface area (Å²) < 4.78 is 10.4. The van der Waals surface area contributed by atoms with Crippen LogP contribution in [0, 0.1) is 13.8 Å². The van der Waals surface area contributed by atoms with Crippen molar-refractivity contribution in [3.05, 3.63) is 59.2 Å². The van der Waals surface area contributed by atoms with E-state index in [1.54, 1.807) is 31.2 Å². The molecule has 5 heteroatoms. The number of benzene rings is 2. The molecule has 0 fully saturated rings. The molecule has 0 radical (unpaired) electrons. The van der Waals surface area contributed by atoms with Crippen LogP contribution in [-0.4, -0.2) is 25.1 Å². The van der Waals surface area contributed by atoms with Crippen molar-refractivity contribution in [2.45, 2.75) is 26.9 Å². The first-order valence-electron chi connectivity index (χ1n) is 7.64. The summed E-state index contributed by atoms with van der Waals surface area (Å²) in [6.45, 7) is 5.66. The van der Waals surface area contributed by atoms with Gasteiger partial charge in [0.2, 0.25) is 0 Å². The standard InChI is InChI=1S/C19H21NO4/c1-12-9-10-15(11-13(12)2)24-14(3)18(21)20-17-8-6-5-7-16(17)19(22)23-4/h5-11,14H,1-4H3,(H,20,21)/t14-/m0/s1. The van der Waals surface area contributed by atoms with Crippen molar-refractivity contribution in [2.75, 3.05) is 12.4 Å². The van der Waals surface area contributed by atoms with E-state index in [1.807, 2.05) is 32.0 Å². The van der Waals surface area contributed by atoms with E-state index in [4.69, 9.17) is 9.47 Å². The quantitative estimate of drug-likeness (QED) is 0.854. The van der Waals surface area contributed by atoms with E-state index in [-0.39, 0.29) is 5.91 Å². The van der Waals surface area contributed by atoms with Crippen molar-refractivity contribution in [3.63, 3.8) is 0 Å². The molecule has 0 aromatic heterocycles. The first-order chi connectivity index (χ1) is 11.4. The number of aryl methyl sites for hydroxylation is 2. The SMILES string of the molecule is COC(=O)c1ccccc1NC(=O)[C@H](C)Oc1ccc(C)c(C)c1. The minimum absolute atomic E-state index is 0.298. The third-order valence-corrected chi connectivity index (χ3v) is 3.75. The number of para-hydroxylation sites is 1. The Labute approximate surface area is 141 Å². The van der Waals surface area contributed by atoms with Crippen LogP contribution < -0.4 is 10.1 Å². The zero-order valence-electron chi connectivity index (χ0n) is 14.3. The molecule has 1 atom stereocenters. The molecular weight excluding hydrogens is 306 g/mol. The van der Waals surface area contributed by atoms with Crippen molar-refractivity contribution in [2.24, 2.45) is 0 Å². The largest absolute Gasteiger partial charge is 0.481 e. The molecule has 24 heavy (non-hydrogen) atoms. The van der Waals surface area contributed by atoms with E-state index in [9.17, 15) is 9.59 Å². The van der Waals surface area contributed by atoms with E-state index < -0.39 is 12.1 Å². The minimum atomic E-state index is -0.710. The topological polar surface area (TPSA) is 64.6 Å². The molecule has 126 valence electrons. The second-order valence-corrected chi connectivity index (χ2v) is 5.53. The van der Waals surface area contributed by atoms with Gasteiger partial charge in [0.1, 0.15) is 5.75 Å². The molecule has 0 spiro atoms. The maximum Gasteiger partial charge on any atom is 0.339 e. The molecule has 5 nitrogen and oxygen atoms in total. The number of methoxy groups -OCH3 is 1. The van der Waals surface area contributed by atoms with Crippen LogP contribution in [0.4, 0.5) is 5.69 Å². The molecule has 1 amide bonds. The Morgan fingerprint density at radius 2 is 1.75 bits per heavy atom. The monoisotopic (exact) mass is 327 g/mol. The highest BCUT2D eigenvalue weighted by Crippen LogP contribution is 2.19. The summed E-state index contributed by atoms with van der Waals surface area (Å²) in [4.78, 5) is 24.1. The van der Waals surface area contributed by atoms with Crippen molar-refractivity contribution in [1.29, 1.82) is 0 Å². The molecule has 0 aliphatic rings. The molecule has 0 saturated heterocycles. The van der Waals surface area contributed by atoms with Gasteiger partial charge < -0.3 is 14.8 Å². The molecule has 0 bridgehead atoms. The van der Waals surface area contributed by atoms with Gasteiger partial charge >= 0.3 is 5.97 Å². The molecule has 0 heterocycles. The van der Waals surface area contributed by atoms with Crippen LogP contribution in [0.15, 0.2) is 42.5 Å². The first kappa shape index (κ1) is 17.5. The lowest BCUT2D eigenvalue weighted by Gasteiger charge is -2.16. The second kappa shape index (κ2) is 7.64. The van der Waals surface area contributed by atoms with Crippen LogP contribution in [0.5, 0.6) is 5.75 Å². The van der Waals surface area contributed by atoms with Crippen LogP contribution >= 0.6 is 0 Å². The first-order valence-corrected chi connectivity index (χ1v) is 7.64. The number of carbonyl (C=O) groups is 2. The highest BCUT2D eigenvalue weighted by molar-refractivity contribution is 6.02. The number of hydrogen-bond acceptors (Lipinski definition) is 4. The van der Waals surface area contributed by atoms with Crippen LogP contribution in [-0.2, 0) is 9.53 Å². The summed E-state index contributed by atoms with van der Waals surface area (Å²) in [5, 5.41) is 2.71. The summed E-state index contributed by atoms with van der Waals surface area (Å²) in [5.74, 6) is -0.222. The lowest BCUT2D eigenvalue weighted by atomic mass is 10.1.